The summed E-state index contributed by atoms with van der Waals surface area (Å²) >= 11 is 5.36. The number of hydrogen-bond donors (Lipinski definition) is 2. The number of ether oxygens (including phenoxy) is 1. The van der Waals surface area contributed by atoms with Crippen LogP contribution in [-0.2, 0) is 0 Å². The number of rotatable bonds is 5. The Kier molecular flexibility index (Phi) is 5.51. The summed E-state index contributed by atoms with van der Waals surface area (Å²) in [5.74, 6) is 0.579. The number of anilines is 1. The van der Waals surface area contributed by atoms with E-state index < -0.39 is 0 Å². The quantitative estimate of drug-likeness (QED) is 0.827. The summed E-state index contributed by atoms with van der Waals surface area (Å²) in [6.45, 7) is 2.13. The summed E-state index contributed by atoms with van der Waals surface area (Å²) in [6, 6.07) is 14.1. The second-order valence-electron chi connectivity index (χ2n) is 4.56. The maximum Gasteiger partial charge on any atom is 0.213 e. The third-order valence-corrected chi connectivity index (χ3v) is 3.34. The molecule has 1 aromatic heterocycles. The molecule has 0 saturated heterocycles. The fraction of sp³-hybridized carbons (Fsp3) is 0.250. The monoisotopic (exact) mass is 301 g/mol. The van der Waals surface area contributed by atoms with Gasteiger partial charge in [-0.3, -0.25) is 0 Å². The van der Waals surface area contributed by atoms with Crippen molar-refractivity contribution in [3.05, 3.63) is 54.2 Å². The van der Waals surface area contributed by atoms with Crippen molar-refractivity contribution in [1.29, 1.82) is 0 Å². The van der Waals surface area contributed by atoms with Gasteiger partial charge in [0.2, 0.25) is 5.88 Å². The minimum Gasteiger partial charge on any atom is -0.481 e. The Balaban J connectivity index is 1.96. The highest BCUT2D eigenvalue weighted by Crippen LogP contribution is 2.16. The molecule has 0 spiro atoms. The first-order chi connectivity index (χ1) is 10.2. The predicted octanol–water partition coefficient (Wildman–Crippen LogP) is 3.53. The molecule has 5 heteroatoms. The zero-order valence-electron chi connectivity index (χ0n) is 12.2. The second kappa shape index (κ2) is 7.59. The molecule has 0 saturated carbocycles. The standard InChI is InChI=1S/C16H19N3OS/c1-3-14(12-7-5-4-6-8-12)19-16(21)18-13-9-10-15(20-2)17-11-13/h4-11,14H,3H2,1-2H3,(H2,18,19,21). The lowest BCUT2D eigenvalue weighted by Crippen LogP contribution is -2.32. The first-order valence-electron chi connectivity index (χ1n) is 6.85. The van der Waals surface area contributed by atoms with Crippen molar-refractivity contribution in [1.82, 2.24) is 10.3 Å². The van der Waals surface area contributed by atoms with Crippen LogP contribution in [0, 0.1) is 0 Å². The Hall–Kier alpha value is -2.14. The summed E-state index contributed by atoms with van der Waals surface area (Å²) in [6.07, 6.45) is 2.64. The number of hydrogen-bond acceptors (Lipinski definition) is 3. The van der Waals surface area contributed by atoms with Gasteiger partial charge in [0.15, 0.2) is 5.11 Å². The Labute approximate surface area is 130 Å². The number of nitrogens with one attached hydrogen (secondary N) is 2. The minimum atomic E-state index is 0.192. The molecule has 2 aromatic rings. The average Bonchev–Trinajstić information content (AvgIpc) is 2.54. The van der Waals surface area contributed by atoms with Crippen LogP contribution in [0.1, 0.15) is 24.9 Å². The van der Waals surface area contributed by atoms with Crippen LogP contribution < -0.4 is 15.4 Å². The molecule has 21 heavy (non-hydrogen) atoms. The van der Waals surface area contributed by atoms with Gasteiger partial charge in [-0.05, 0) is 30.3 Å². The van der Waals surface area contributed by atoms with Crippen molar-refractivity contribution in [3.8, 4) is 5.88 Å². The molecular formula is C16H19N3OS. The van der Waals surface area contributed by atoms with Gasteiger partial charge in [0.25, 0.3) is 0 Å². The molecular weight excluding hydrogens is 282 g/mol. The van der Waals surface area contributed by atoms with Crippen LogP contribution >= 0.6 is 12.2 Å². The van der Waals surface area contributed by atoms with Gasteiger partial charge in [0, 0.05) is 6.07 Å². The van der Waals surface area contributed by atoms with Crippen molar-refractivity contribution in [2.75, 3.05) is 12.4 Å². The van der Waals surface area contributed by atoms with E-state index in [1.165, 1.54) is 5.56 Å². The molecule has 0 radical (unpaired) electrons. The molecule has 1 atom stereocenters. The fourth-order valence-electron chi connectivity index (χ4n) is 2.01. The highest BCUT2D eigenvalue weighted by molar-refractivity contribution is 7.80. The first-order valence-corrected chi connectivity index (χ1v) is 7.26. The average molecular weight is 301 g/mol. The summed E-state index contributed by atoms with van der Waals surface area (Å²) < 4.78 is 5.03. The molecule has 4 nitrogen and oxygen atoms in total. The lowest BCUT2D eigenvalue weighted by molar-refractivity contribution is 0.398. The van der Waals surface area contributed by atoms with E-state index in [1.54, 1.807) is 19.4 Å². The van der Waals surface area contributed by atoms with Crippen LogP contribution in [0.25, 0.3) is 0 Å². The number of pyridine rings is 1. The van der Waals surface area contributed by atoms with Crippen LogP contribution in [-0.4, -0.2) is 17.2 Å². The zero-order chi connectivity index (χ0) is 15.1. The SMILES string of the molecule is CCC(NC(=S)Nc1ccc(OC)nc1)c1ccccc1. The van der Waals surface area contributed by atoms with Gasteiger partial charge in [0.05, 0.1) is 25.0 Å². The van der Waals surface area contributed by atoms with Crippen LogP contribution in [0.2, 0.25) is 0 Å². The number of thiocarbonyl (C=S) groups is 1. The third-order valence-electron chi connectivity index (χ3n) is 3.12. The van der Waals surface area contributed by atoms with Gasteiger partial charge in [0.1, 0.15) is 0 Å². The fourth-order valence-corrected chi connectivity index (χ4v) is 2.27. The van der Waals surface area contributed by atoms with E-state index in [1.807, 2.05) is 24.3 Å². The molecule has 2 N–H and O–H groups in total. The number of methoxy groups -OCH3 is 1. The smallest absolute Gasteiger partial charge is 0.213 e. The molecule has 110 valence electrons. The molecule has 1 unspecified atom stereocenters. The number of nitrogens with zero attached hydrogens (tertiary/aromatic N) is 1. The minimum absolute atomic E-state index is 0.192. The summed E-state index contributed by atoms with van der Waals surface area (Å²) in [5.41, 5.74) is 2.05. The van der Waals surface area contributed by atoms with Crippen molar-refractivity contribution in [2.45, 2.75) is 19.4 Å². The van der Waals surface area contributed by atoms with Gasteiger partial charge >= 0.3 is 0 Å². The van der Waals surface area contributed by atoms with Crippen molar-refractivity contribution in [3.63, 3.8) is 0 Å². The summed E-state index contributed by atoms with van der Waals surface area (Å²) in [5, 5.41) is 7.03. The lowest BCUT2D eigenvalue weighted by Gasteiger charge is -2.20. The van der Waals surface area contributed by atoms with Gasteiger partial charge in [-0.15, -0.1) is 0 Å². The third kappa shape index (κ3) is 4.43. The summed E-state index contributed by atoms with van der Waals surface area (Å²) in [7, 11) is 1.59. The van der Waals surface area contributed by atoms with E-state index in [-0.39, 0.29) is 6.04 Å². The van der Waals surface area contributed by atoms with E-state index in [2.05, 4.69) is 34.7 Å². The molecule has 2 rings (SSSR count). The maximum absolute atomic E-state index is 5.36. The van der Waals surface area contributed by atoms with Crippen LogP contribution in [0.4, 0.5) is 5.69 Å². The van der Waals surface area contributed by atoms with E-state index in [4.69, 9.17) is 17.0 Å². The van der Waals surface area contributed by atoms with Gasteiger partial charge in [-0.2, -0.15) is 0 Å². The largest absolute Gasteiger partial charge is 0.481 e. The molecule has 1 heterocycles. The van der Waals surface area contributed by atoms with Crippen molar-refractivity contribution < 1.29 is 4.74 Å². The normalized spacial score (nSPS) is 11.5. The predicted molar refractivity (Wildman–Crippen MR) is 89.6 cm³/mol. The zero-order valence-corrected chi connectivity index (χ0v) is 13.0. The Morgan fingerprint density at radius 3 is 2.57 bits per heavy atom. The number of benzene rings is 1. The molecule has 1 aromatic carbocycles. The van der Waals surface area contributed by atoms with Gasteiger partial charge in [-0.1, -0.05) is 37.3 Å². The van der Waals surface area contributed by atoms with E-state index >= 15 is 0 Å². The summed E-state index contributed by atoms with van der Waals surface area (Å²) in [4.78, 5) is 4.14. The van der Waals surface area contributed by atoms with E-state index in [0.29, 0.717) is 11.0 Å². The van der Waals surface area contributed by atoms with E-state index in [0.717, 1.165) is 12.1 Å². The first kappa shape index (κ1) is 15.3. The molecule has 0 aliphatic rings. The van der Waals surface area contributed by atoms with Crippen LogP contribution in [0.3, 0.4) is 0 Å². The lowest BCUT2D eigenvalue weighted by atomic mass is 10.1. The Morgan fingerprint density at radius 1 is 1.24 bits per heavy atom. The maximum atomic E-state index is 5.36. The second-order valence-corrected chi connectivity index (χ2v) is 4.97. The van der Waals surface area contributed by atoms with E-state index in [9.17, 15) is 0 Å². The molecule has 0 amide bonds. The molecule has 0 bridgehead atoms. The van der Waals surface area contributed by atoms with Crippen molar-refractivity contribution >= 4 is 23.0 Å². The number of aromatic nitrogens is 1. The Morgan fingerprint density at radius 2 is 2.00 bits per heavy atom. The highest BCUT2D eigenvalue weighted by atomic mass is 32.1. The van der Waals surface area contributed by atoms with Gasteiger partial charge in [-0.25, -0.2) is 4.98 Å². The topological polar surface area (TPSA) is 46.2 Å². The highest BCUT2D eigenvalue weighted by Gasteiger charge is 2.10. The molecule has 0 aliphatic heterocycles. The van der Waals surface area contributed by atoms with Crippen molar-refractivity contribution in [2.24, 2.45) is 0 Å². The Bertz CT molecular complexity index is 572. The van der Waals surface area contributed by atoms with Crippen LogP contribution in [0.5, 0.6) is 5.88 Å². The molecule has 0 fully saturated rings. The van der Waals surface area contributed by atoms with Gasteiger partial charge < -0.3 is 15.4 Å². The van der Waals surface area contributed by atoms with Crippen LogP contribution in [0.15, 0.2) is 48.7 Å². The molecule has 0 aliphatic carbocycles.